The summed E-state index contributed by atoms with van der Waals surface area (Å²) >= 11 is 5.73. The molecule has 0 aliphatic carbocycles. The Kier molecular flexibility index (Phi) is 4.83. The van der Waals surface area contributed by atoms with Gasteiger partial charge in [-0.1, -0.05) is 6.92 Å². The number of nitrogens with one attached hydrogen (secondary N) is 1. The highest BCUT2D eigenvalue weighted by atomic mass is 35.5. The van der Waals surface area contributed by atoms with E-state index < -0.39 is 10.0 Å². The Balaban J connectivity index is 2.10. The SMILES string of the molecule is CCCN1CCN(S(=O)(=O)c2[nH]ncc2CCl)CC1. The molecule has 0 unspecified atom stereocenters. The van der Waals surface area contributed by atoms with Gasteiger partial charge in [-0.2, -0.15) is 9.40 Å². The van der Waals surface area contributed by atoms with E-state index in [4.69, 9.17) is 11.6 Å². The summed E-state index contributed by atoms with van der Waals surface area (Å²) in [5.41, 5.74) is 0.526. The maximum absolute atomic E-state index is 12.5. The Morgan fingerprint density at radius 1 is 1.37 bits per heavy atom. The van der Waals surface area contributed by atoms with Gasteiger partial charge in [-0.3, -0.25) is 5.10 Å². The number of H-pyrrole nitrogens is 1. The largest absolute Gasteiger partial charge is 0.301 e. The third-order valence-electron chi connectivity index (χ3n) is 3.29. The van der Waals surface area contributed by atoms with Crippen LogP contribution in [0, 0.1) is 0 Å². The van der Waals surface area contributed by atoms with Crippen LogP contribution in [0.4, 0.5) is 0 Å². The average Bonchev–Trinajstić information content (AvgIpc) is 2.89. The molecule has 0 spiro atoms. The van der Waals surface area contributed by atoms with Crippen molar-refractivity contribution in [2.45, 2.75) is 24.3 Å². The van der Waals surface area contributed by atoms with Crippen LogP contribution in [0.2, 0.25) is 0 Å². The second-order valence-corrected chi connectivity index (χ2v) is 6.75. The van der Waals surface area contributed by atoms with Gasteiger partial charge in [-0.05, 0) is 13.0 Å². The zero-order valence-corrected chi connectivity index (χ0v) is 12.5. The molecule has 2 heterocycles. The van der Waals surface area contributed by atoms with Gasteiger partial charge in [0.2, 0.25) is 0 Å². The fourth-order valence-electron chi connectivity index (χ4n) is 2.26. The maximum atomic E-state index is 12.5. The van der Waals surface area contributed by atoms with Crippen LogP contribution in [0.3, 0.4) is 0 Å². The zero-order chi connectivity index (χ0) is 13.9. The summed E-state index contributed by atoms with van der Waals surface area (Å²) < 4.78 is 26.4. The Hall–Kier alpha value is -0.630. The van der Waals surface area contributed by atoms with E-state index >= 15 is 0 Å². The number of aromatic amines is 1. The van der Waals surface area contributed by atoms with Crippen LogP contribution in [0.1, 0.15) is 18.9 Å². The van der Waals surface area contributed by atoms with E-state index in [0.29, 0.717) is 18.7 Å². The third kappa shape index (κ3) is 3.10. The van der Waals surface area contributed by atoms with Gasteiger partial charge in [0.05, 0.1) is 12.1 Å². The summed E-state index contributed by atoms with van der Waals surface area (Å²) in [6.45, 7) is 5.73. The summed E-state index contributed by atoms with van der Waals surface area (Å²) in [6, 6.07) is 0. The summed E-state index contributed by atoms with van der Waals surface area (Å²) in [5.74, 6) is 0.140. The molecule has 8 heteroatoms. The van der Waals surface area contributed by atoms with Crippen molar-refractivity contribution >= 4 is 21.6 Å². The number of rotatable bonds is 5. The zero-order valence-electron chi connectivity index (χ0n) is 11.0. The smallest absolute Gasteiger partial charge is 0.260 e. The number of halogens is 1. The molecule has 1 aliphatic rings. The van der Waals surface area contributed by atoms with Gasteiger partial charge in [0.1, 0.15) is 0 Å². The molecular weight excluding hydrogens is 288 g/mol. The molecule has 1 aromatic heterocycles. The highest BCUT2D eigenvalue weighted by Crippen LogP contribution is 2.20. The minimum atomic E-state index is -3.50. The van der Waals surface area contributed by atoms with Crippen molar-refractivity contribution in [1.82, 2.24) is 19.4 Å². The topological polar surface area (TPSA) is 69.3 Å². The lowest BCUT2D eigenvalue weighted by Gasteiger charge is -2.33. The molecular formula is C11H19ClN4O2S. The van der Waals surface area contributed by atoms with Gasteiger partial charge < -0.3 is 4.90 Å². The van der Waals surface area contributed by atoms with Crippen molar-refractivity contribution in [2.75, 3.05) is 32.7 Å². The number of nitrogens with zero attached hydrogens (tertiary/aromatic N) is 3. The summed E-state index contributed by atoms with van der Waals surface area (Å²) in [7, 11) is -3.50. The minimum Gasteiger partial charge on any atom is -0.301 e. The molecule has 0 bridgehead atoms. The number of aromatic nitrogens is 2. The van der Waals surface area contributed by atoms with E-state index in [1.807, 2.05) is 0 Å². The van der Waals surface area contributed by atoms with Crippen molar-refractivity contribution < 1.29 is 8.42 Å². The van der Waals surface area contributed by atoms with E-state index in [1.165, 1.54) is 10.5 Å². The second-order valence-electron chi connectivity index (χ2n) is 4.60. The highest BCUT2D eigenvalue weighted by Gasteiger charge is 2.31. The predicted octanol–water partition coefficient (Wildman–Crippen LogP) is 0.865. The molecule has 1 aromatic rings. The lowest BCUT2D eigenvalue weighted by atomic mass is 10.3. The average molecular weight is 307 g/mol. The molecule has 6 nitrogen and oxygen atoms in total. The van der Waals surface area contributed by atoms with Crippen LogP contribution in [0.15, 0.2) is 11.2 Å². The quantitative estimate of drug-likeness (QED) is 0.819. The first kappa shape index (κ1) is 14.8. The molecule has 108 valence electrons. The van der Waals surface area contributed by atoms with E-state index in [2.05, 4.69) is 22.0 Å². The monoisotopic (exact) mass is 306 g/mol. The summed E-state index contributed by atoms with van der Waals surface area (Å²) in [4.78, 5) is 2.28. The number of alkyl halides is 1. The fraction of sp³-hybridized carbons (Fsp3) is 0.727. The van der Waals surface area contributed by atoms with Crippen LogP contribution in [0.5, 0.6) is 0 Å². The molecule has 0 saturated carbocycles. The van der Waals surface area contributed by atoms with Crippen molar-refractivity contribution in [3.05, 3.63) is 11.8 Å². The van der Waals surface area contributed by atoms with Gasteiger partial charge in [-0.15, -0.1) is 11.6 Å². The summed E-state index contributed by atoms with van der Waals surface area (Å²) in [6.07, 6.45) is 2.55. The third-order valence-corrected chi connectivity index (χ3v) is 5.49. The molecule has 1 saturated heterocycles. The molecule has 0 radical (unpaired) electrons. The van der Waals surface area contributed by atoms with Crippen LogP contribution in [-0.4, -0.2) is 60.5 Å². The number of sulfonamides is 1. The van der Waals surface area contributed by atoms with Crippen molar-refractivity contribution in [3.63, 3.8) is 0 Å². The van der Waals surface area contributed by atoms with Gasteiger partial charge in [0, 0.05) is 31.7 Å². The van der Waals surface area contributed by atoms with E-state index in [9.17, 15) is 8.42 Å². The molecule has 0 atom stereocenters. The molecule has 19 heavy (non-hydrogen) atoms. The summed E-state index contributed by atoms with van der Waals surface area (Å²) in [5, 5.41) is 6.46. The Labute approximate surface area is 118 Å². The Morgan fingerprint density at radius 3 is 2.63 bits per heavy atom. The minimum absolute atomic E-state index is 0.131. The molecule has 1 fully saturated rings. The number of hydrogen-bond donors (Lipinski definition) is 1. The first-order valence-corrected chi connectivity index (χ1v) is 8.37. The van der Waals surface area contributed by atoms with Crippen LogP contribution in [-0.2, 0) is 15.9 Å². The molecule has 0 amide bonds. The maximum Gasteiger partial charge on any atom is 0.260 e. The van der Waals surface area contributed by atoms with E-state index in [1.54, 1.807) is 0 Å². The normalized spacial score (nSPS) is 18.8. The van der Waals surface area contributed by atoms with Gasteiger partial charge in [-0.25, -0.2) is 8.42 Å². The first-order valence-electron chi connectivity index (χ1n) is 6.40. The molecule has 1 N–H and O–H groups in total. The lowest BCUT2D eigenvalue weighted by molar-refractivity contribution is 0.188. The van der Waals surface area contributed by atoms with Crippen LogP contribution in [0.25, 0.3) is 0 Å². The van der Waals surface area contributed by atoms with E-state index in [-0.39, 0.29) is 10.9 Å². The highest BCUT2D eigenvalue weighted by molar-refractivity contribution is 7.89. The first-order chi connectivity index (χ1) is 9.09. The van der Waals surface area contributed by atoms with E-state index in [0.717, 1.165) is 26.1 Å². The van der Waals surface area contributed by atoms with Crippen LogP contribution >= 0.6 is 11.6 Å². The Morgan fingerprint density at radius 2 is 2.05 bits per heavy atom. The van der Waals surface area contributed by atoms with Crippen molar-refractivity contribution in [2.24, 2.45) is 0 Å². The van der Waals surface area contributed by atoms with Crippen molar-refractivity contribution in [3.8, 4) is 0 Å². The van der Waals surface area contributed by atoms with Crippen LogP contribution < -0.4 is 0 Å². The Bertz CT molecular complexity index is 509. The number of hydrogen-bond acceptors (Lipinski definition) is 4. The second kappa shape index (κ2) is 6.21. The molecule has 2 rings (SSSR count). The molecule has 1 aliphatic heterocycles. The van der Waals surface area contributed by atoms with Gasteiger partial charge in [0.15, 0.2) is 5.03 Å². The standard InChI is InChI=1S/C11H19ClN4O2S/c1-2-3-15-4-6-16(7-5-15)19(17,18)11-10(8-12)9-13-14-11/h9H,2-8H2,1H3,(H,13,14). The predicted molar refractivity (Wildman–Crippen MR) is 73.6 cm³/mol. The number of piperazine rings is 1. The van der Waals surface area contributed by atoms with Crippen molar-refractivity contribution in [1.29, 1.82) is 0 Å². The van der Waals surface area contributed by atoms with Gasteiger partial charge >= 0.3 is 0 Å². The molecule has 0 aromatic carbocycles. The lowest BCUT2D eigenvalue weighted by Crippen LogP contribution is -2.48. The van der Waals surface area contributed by atoms with Gasteiger partial charge in [0.25, 0.3) is 10.0 Å². The fourth-order valence-corrected chi connectivity index (χ4v) is 4.06.